The molecule has 7 heteroatoms. The predicted octanol–water partition coefficient (Wildman–Crippen LogP) is -0.605. The van der Waals surface area contributed by atoms with Crippen molar-refractivity contribution in [3.8, 4) is 0 Å². The lowest BCUT2D eigenvalue weighted by Gasteiger charge is -2.35. The van der Waals surface area contributed by atoms with Crippen LogP contribution >= 0.6 is 0 Å². The first-order valence-electron chi connectivity index (χ1n) is 4.95. The number of rotatable bonds is 2. The van der Waals surface area contributed by atoms with Crippen molar-refractivity contribution >= 4 is 11.8 Å². The summed E-state index contributed by atoms with van der Waals surface area (Å²) in [7, 11) is 0. The Labute approximate surface area is 91.9 Å². The number of hydrogen-bond donors (Lipinski definition) is 2. The van der Waals surface area contributed by atoms with Gasteiger partial charge in [0.05, 0.1) is 32.1 Å². The summed E-state index contributed by atoms with van der Waals surface area (Å²) in [5.74, 6) is -0.413. The third-order valence-corrected chi connectivity index (χ3v) is 2.45. The Bertz CT molecular complexity index is 377. The number of nitrogens with two attached hydrogens (primary N) is 1. The van der Waals surface area contributed by atoms with Gasteiger partial charge in [0.1, 0.15) is 0 Å². The average Bonchev–Trinajstić information content (AvgIpc) is 2.32. The number of ether oxygens (including phenoxy) is 1. The smallest absolute Gasteiger partial charge is 0.222 e. The zero-order valence-electron chi connectivity index (χ0n) is 8.64. The van der Waals surface area contributed by atoms with Gasteiger partial charge in [-0.3, -0.25) is 0 Å². The van der Waals surface area contributed by atoms with E-state index in [0.29, 0.717) is 19.8 Å². The van der Waals surface area contributed by atoms with Gasteiger partial charge in [0, 0.05) is 6.54 Å². The molecule has 0 radical (unpaired) electrons. The fourth-order valence-corrected chi connectivity index (χ4v) is 1.66. The first-order valence-corrected chi connectivity index (χ1v) is 4.95. The molecule has 0 amide bonds. The monoisotopic (exact) mass is 228 g/mol. The topological polar surface area (TPSA) is 84.5 Å². The minimum Gasteiger partial charge on any atom is -0.394 e. The molecule has 1 aromatic rings. The standard InChI is InChI=1S/C9H13FN4O2/c10-7-3-12-9(11)13-8(7)14-1-2-16-5-6(14)4-15/h3,6,15H,1-2,4-5H2,(H2,11,12,13). The van der Waals surface area contributed by atoms with Crippen LogP contribution < -0.4 is 10.6 Å². The number of nitrogen functional groups attached to an aromatic ring is 1. The van der Waals surface area contributed by atoms with Crippen LogP contribution in [0.5, 0.6) is 0 Å². The highest BCUT2D eigenvalue weighted by Gasteiger charge is 2.26. The zero-order valence-corrected chi connectivity index (χ0v) is 8.64. The number of aromatic nitrogens is 2. The van der Waals surface area contributed by atoms with Gasteiger partial charge in [-0.15, -0.1) is 0 Å². The van der Waals surface area contributed by atoms with Crippen LogP contribution in [0.1, 0.15) is 0 Å². The molecule has 0 spiro atoms. The van der Waals surface area contributed by atoms with Crippen LogP contribution in [0.25, 0.3) is 0 Å². The summed E-state index contributed by atoms with van der Waals surface area (Å²) in [5, 5.41) is 9.16. The van der Waals surface area contributed by atoms with E-state index in [4.69, 9.17) is 15.6 Å². The largest absolute Gasteiger partial charge is 0.394 e. The maximum Gasteiger partial charge on any atom is 0.222 e. The molecule has 3 N–H and O–H groups in total. The summed E-state index contributed by atoms with van der Waals surface area (Å²) in [4.78, 5) is 9.05. The Hall–Kier alpha value is -1.47. The second-order valence-corrected chi connectivity index (χ2v) is 3.50. The lowest BCUT2D eigenvalue weighted by atomic mass is 10.2. The molecule has 0 aromatic carbocycles. The molecule has 1 unspecified atom stereocenters. The molecular formula is C9H13FN4O2. The van der Waals surface area contributed by atoms with E-state index in [-0.39, 0.29) is 24.4 Å². The van der Waals surface area contributed by atoms with Crippen LogP contribution in [0, 0.1) is 5.82 Å². The minimum atomic E-state index is -0.547. The van der Waals surface area contributed by atoms with Crippen molar-refractivity contribution in [2.75, 3.05) is 37.0 Å². The number of hydrogen-bond acceptors (Lipinski definition) is 6. The third kappa shape index (κ3) is 2.05. The lowest BCUT2D eigenvalue weighted by Crippen LogP contribution is -2.48. The third-order valence-electron chi connectivity index (χ3n) is 2.45. The Balaban J connectivity index is 2.30. The second-order valence-electron chi connectivity index (χ2n) is 3.50. The van der Waals surface area contributed by atoms with Crippen LogP contribution in [0.3, 0.4) is 0 Å². The van der Waals surface area contributed by atoms with Crippen LogP contribution in [-0.2, 0) is 4.74 Å². The van der Waals surface area contributed by atoms with Crippen LogP contribution in [-0.4, -0.2) is 47.5 Å². The van der Waals surface area contributed by atoms with E-state index in [1.54, 1.807) is 4.90 Å². The van der Waals surface area contributed by atoms with Crippen LogP contribution in [0.15, 0.2) is 6.20 Å². The fourth-order valence-electron chi connectivity index (χ4n) is 1.66. The number of halogens is 1. The van der Waals surface area contributed by atoms with E-state index in [1.165, 1.54) is 0 Å². The molecule has 0 bridgehead atoms. The normalized spacial score (nSPS) is 21.1. The van der Waals surface area contributed by atoms with Gasteiger partial charge in [0.15, 0.2) is 11.6 Å². The van der Waals surface area contributed by atoms with Crippen LogP contribution in [0.2, 0.25) is 0 Å². The first-order chi connectivity index (χ1) is 7.72. The molecule has 1 fully saturated rings. The average molecular weight is 228 g/mol. The van der Waals surface area contributed by atoms with E-state index >= 15 is 0 Å². The first kappa shape index (κ1) is 11.0. The van der Waals surface area contributed by atoms with Gasteiger partial charge < -0.3 is 20.5 Å². The second kappa shape index (κ2) is 4.58. The van der Waals surface area contributed by atoms with Crippen molar-refractivity contribution in [3.63, 3.8) is 0 Å². The van der Waals surface area contributed by atoms with E-state index in [0.717, 1.165) is 6.20 Å². The summed E-state index contributed by atoms with van der Waals surface area (Å²) in [5.41, 5.74) is 5.41. The molecule has 1 aliphatic heterocycles. The van der Waals surface area contributed by atoms with Gasteiger partial charge in [-0.05, 0) is 0 Å². The van der Waals surface area contributed by atoms with Crippen molar-refractivity contribution < 1.29 is 14.2 Å². The molecule has 16 heavy (non-hydrogen) atoms. The van der Waals surface area contributed by atoms with Gasteiger partial charge >= 0.3 is 0 Å². The molecule has 1 saturated heterocycles. The number of aliphatic hydroxyl groups excluding tert-OH is 1. The highest BCUT2D eigenvalue weighted by molar-refractivity contribution is 5.44. The molecule has 88 valence electrons. The van der Waals surface area contributed by atoms with Crippen molar-refractivity contribution in [1.82, 2.24) is 9.97 Å². The number of morpholine rings is 1. The maximum absolute atomic E-state index is 13.5. The number of anilines is 2. The van der Waals surface area contributed by atoms with Crippen molar-refractivity contribution in [1.29, 1.82) is 0 Å². The van der Waals surface area contributed by atoms with Crippen LogP contribution in [0.4, 0.5) is 16.2 Å². The van der Waals surface area contributed by atoms with Crippen molar-refractivity contribution in [3.05, 3.63) is 12.0 Å². The highest BCUT2D eigenvalue weighted by atomic mass is 19.1. The fraction of sp³-hybridized carbons (Fsp3) is 0.556. The summed E-state index contributed by atoms with van der Waals surface area (Å²) in [6, 6.07) is -0.294. The molecule has 2 heterocycles. The summed E-state index contributed by atoms with van der Waals surface area (Å²) >= 11 is 0. The summed E-state index contributed by atoms with van der Waals surface area (Å²) in [6.45, 7) is 1.17. The molecule has 6 nitrogen and oxygen atoms in total. The summed E-state index contributed by atoms with van der Waals surface area (Å²) in [6.07, 6.45) is 1.03. The SMILES string of the molecule is Nc1ncc(F)c(N2CCOCC2CO)n1. The maximum atomic E-state index is 13.5. The zero-order chi connectivity index (χ0) is 11.5. The Morgan fingerprint density at radius 3 is 3.25 bits per heavy atom. The molecule has 1 atom stereocenters. The van der Waals surface area contributed by atoms with Gasteiger partial charge in [0.25, 0.3) is 0 Å². The Morgan fingerprint density at radius 2 is 2.50 bits per heavy atom. The van der Waals surface area contributed by atoms with Gasteiger partial charge in [-0.25, -0.2) is 9.37 Å². The minimum absolute atomic E-state index is 0.0135. The van der Waals surface area contributed by atoms with Gasteiger partial charge in [-0.2, -0.15) is 4.98 Å². The number of aliphatic hydroxyl groups is 1. The highest BCUT2D eigenvalue weighted by Crippen LogP contribution is 2.20. The van der Waals surface area contributed by atoms with E-state index in [2.05, 4.69) is 9.97 Å². The predicted molar refractivity (Wildman–Crippen MR) is 55.4 cm³/mol. The van der Waals surface area contributed by atoms with Crippen molar-refractivity contribution in [2.24, 2.45) is 0 Å². The van der Waals surface area contributed by atoms with E-state index in [1.807, 2.05) is 0 Å². The van der Waals surface area contributed by atoms with Gasteiger partial charge in [0.2, 0.25) is 5.95 Å². The quantitative estimate of drug-likeness (QED) is 0.703. The molecule has 1 aliphatic rings. The Morgan fingerprint density at radius 1 is 1.69 bits per heavy atom. The van der Waals surface area contributed by atoms with Gasteiger partial charge in [-0.1, -0.05) is 0 Å². The molecule has 0 saturated carbocycles. The Kier molecular flexibility index (Phi) is 3.16. The molecule has 2 rings (SSSR count). The molecule has 1 aromatic heterocycles. The van der Waals surface area contributed by atoms with E-state index < -0.39 is 5.82 Å². The number of nitrogens with zero attached hydrogens (tertiary/aromatic N) is 3. The van der Waals surface area contributed by atoms with Crippen molar-refractivity contribution in [2.45, 2.75) is 6.04 Å². The van der Waals surface area contributed by atoms with E-state index in [9.17, 15) is 4.39 Å². The molecular weight excluding hydrogens is 215 g/mol. The molecule has 0 aliphatic carbocycles. The summed E-state index contributed by atoms with van der Waals surface area (Å²) < 4.78 is 18.7. The lowest BCUT2D eigenvalue weighted by molar-refractivity contribution is 0.0719.